The van der Waals surface area contributed by atoms with Gasteiger partial charge >= 0.3 is 5.97 Å². The second kappa shape index (κ2) is 6.13. The molecule has 3 heteroatoms. The molecule has 0 aliphatic heterocycles. The van der Waals surface area contributed by atoms with Crippen molar-refractivity contribution >= 4 is 5.97 Å². The van der Waals surface area contributed by atoms with Crippen LogP contribution in [0.1, 0.15) is 33.1 Å². The molecule has 1 unspecified atom stereocenters. The number of halogens is 1. The fraction of sp³-hybridized carbons (Fsp3) is 0.875. The minimum atomic E-state index is -0.743. The molecule has 0 spiro atoms. The SMILES string of the molecule is CC(=O)OCCCCC(C)F. The fourth-order valence-electron chi connectivity index (χ4n) is 0.744. The van der Waals surface area contributed by atoms with Crippen LogP contribution in [0.2, 0.25) is 0 Å². The van der Waals surface area contributed by atoms with Crippen LogP contribution in [0.25, 0.3) is 0 Å². The number of rotatable bonds is 5. The molecular formula is C8H15FO2. The lowest BCUT2D eigenvalue weighted by Gasteiger charge is -2.01. The van der Waals surface area contributed by atoms with Gasteiger partial charge in [0, 0.05) is 6.92 Å². The van der Waals surface area contributed by atoms with E-state index in [1.165, 1.54) is 13.8 Å². The monoisotopic (exact) mass is 162 g/mol. The number of carbonyl (C=O) groups is 1. The lowest BCUT2D eigenvalue weighted by Crippen LogP contribution is -2.01. The van der Waals surface area contributed by atoms with E-state index in [9.17, 15) is 9.18 Å². The van der Waals surface area contributed by atoms with Crippen molar-refractivity contribution in [1.29, 1.82) is 0 Å². The Bertz CT molecular complexity index is 113. The maximum Gasteiger partial charge on any atom is 0.302 e. The molecule has 0 saturated carbocycles. The Kier molecular flexibility index (Phi) is 5.80. The topological polar surface area (TPSA) is 26.3 Å². The lowest BCUT2D eigenvalue weighted by atomic mass is 10.2. The van der Waals surface area contributed by atoms with Crippen molar-refractivity contribution in [3.8, 4) is 0 Å². The van der Waals surface area contributed by atoms with Crippen molar-refractivity contribution < 1.29 is 13.9 Å². The maximum atomic E-state index is 12.2. The largest absolute Gasteiger partial charge is 0.466 e. The van der Waals surface area contributed by atoms with E-state index in [1.54, 1.807) is 0 Å². The molecule has 66 valence electrons. The van der Waals surface area contributed by atoms with E-state index in [0.29, 0.717) is 13.0 Å². The summed E-state index contributed by atoms with van der Waals surface area (Å²) in [7, 11) is 0. The number of hydrogen-bond acceptors (Lipinski definition) is 2. The average molecular weight is 162 g/mol. The summed E-state index contributed by atoms with van der Waals surface area (Å²) in [6.45, 7) is 3.33. The molecule has 0 fully saturated rings. The van der Waals surface area contributed by atoms with Gasteiger partial charge in [-0.05, 0) is 26.2 Å². The number of unbranched alkanes of at least 4 members (excludes halogenated alkanes) is 1. The van der Waals surface area contributed by atoms with Gasteiger partial charge in [0.15, 0.2) is 0 Å². The van der Waals surface area contributed by atoms with Gasteiger partial charge in [0.2, 0.25) is 0 Å². The first-order valence-corrected chi connectivity index (χ1v) is 3.90. The highest BCUT2D eigenvalue weighted by molar-refractivity contribution is 5.65. The van der Waals surface area contributed by atoms with Crippen molar-refractivity contribution in [2.45, 2.75) is 39.3 Å². The molecule has 0 N–H and O–H groups in total. The van der Waals surface area contributed by atoms with Crippen LogP contribution in [-0.2, 0) is 9.53 Å². The van der Waals surface area contributed by atoms with E-state index in [4.69, 9.17) is 0 Å². The second-order valence-corrected chi connectivity index (χ2v) is 2.62. The van der Waals surface area contributed by atoms with Crippen LogP contribution < -0.4 is 0 Å². The Hall–Kier alpha value is -0.600. The van der Waals surface area contributed by atoms with E-state index < -0.39 is 6.17 Å². The van der Waals surface area contributed by atoms with Crippen LogP contribution in [0.5, 0.6) is 0 Å². The third kappa shape index (κ3) is 9.40. The molecule has 0 aliphatic rings. The van der Waals surface area contributed by atoms with Crippen molar-refractivity contribution in [1.82, 2.24) is 0 Å². The standard InChI is InChI=1S/C8H15FO2/c1-7(9)5-3-4-6-11-8(2)10/h7H,3-6H2,1-2H3. The van der Waals surface area contributed by atoms with Gasteiger partial charge in [0.25, 0.3) is 0 Å². The Balaban J connectivity index is 2.97. The highest BCUT2D eigenvalue weighted by Gasteiger charge is 1.97. The zero-order valence-corrected chi connectivity index (χ0v) is 7.10. The van der Waals surface area contributed by atoms with Crippen LogP contribution >= 0.6 is 0 Å². The Morgan fingerprint density at radius 3 is 2.64 bits per heavy atom. The minimum absolute atomic E-state index is 0.265. The summed E-state index contributed by atoms with van der Waals surface area (Å²) in [6.07, 6.45) is 1.35. The number of alkyl halides is 1. The van der Waals surface area contributed by atoms with Crippen molar-refractivity contribution in [2.75, 3.05) is 6.61 Å². The third-order valence-electron chi connectivity index (χ3n) is 1.30. The van der Waals surface area contributed by atoms with Gasteiger partial charge in [0.05, 0.1) is 12.8 Å². The van der Waals surface area contributed by atoms with E-state index >= 15 is 0 Å². The van der Waals surface area contributed by atoms with Crippen LogP contribution in [0.15, 0.2) is 0 Å². The quantitative estimate of drug-likeness (QED) is 0.457. The van der Waals surface area contributed by atoms with Gasteiger partial charge in [-0.3, -0.25) is 4.79 Å². The zero-order chi connectivity index (χ0) is 8.69. The molecule has 0 bridgehead atoms. The molecule has 0 aromatic carbocycles. The first-order valence-electron chi connectivity index (χ1n) is 3.90. The second-order valence-electron chi connectivity index (χ2n) is 2.62. The number of ether oxygens (including phenoxy) is 1. The van der Waals surface area contributed by atoms with E-state index in [2.05, 4.69) is 4.74 Å². The number of carbonyl (C=O) groups excluding carboxylic acids is 1. The Morgan fingerprint density at radius 2 is 2.18 bits per heavy atom. The first-order chi connectivity index (χ1) is 5.13. The summed E-state index contributed by atoms with van der Waals surface area (Å²) in [4.78, 5) is 10.2. The fourth-order valence-corrected chi connectivity index (χ4v) is 0.744. The van der Waals surface area contributed by atoms with Crippen LogP contribution in [-0.4, -0.2) is 18.7 Å². The average Bonchev–Trinajstić information content (AvgIpc) is 1.85. The highest BCUT2D eigenvalue weighted by atomic mass is 19.1. The Labute approximate surface area is 66.7 Å². The van der Waals surface area contributed by atoms with Gasteiger partial charge in [-0.15, -0.1) is 0 Å². The zero-order valence-electron chi connectivity index (χ0n) is 7.10. The summed E-state index contributed by atoms with van der Waals surface area (Å²) in [5.41, 5.74) is 0. The molecule has 0 heterocycles. The smallest absolute Gasteiger partial charge is 0.302 e. The molecule has 0 saturated heterocycles. The molecule has 0 aromatic heterocycles. The van der Waals surface area contributed by atoms with Crippen molar-refractivity contribution in [2.24, 2.45) is 0 Å². The summed E-state index contributed by atoms with van der Waals surface area (Å²) in [5, 5.41) is 0. The number of hydrogen-bond donors (Lipinski definition) is 0. The van der Waals surface area contributed by atoms with Gasteiger partial charge in [-0.2, -0.15) is 0 Å². The van der Waals surface area contributed by atoms with E-state index in [0.717, 1.165) is 12.8 Å². The highest BCUT2D eigenvalue weighted by Crippen LogP contribution is 2.03. The molecule has 2 nitrogen and oxygen atoms in total. The third-order valence-corrected chi connectivity index (χ3v) is 1.30. The maximum absolute atomic E-state index is 12.2. The predicted octanol–water partition coefficient (Wildman–Crippen LogP) is 2.08. The Morgan fingerprint density at radius 1 is 1.55 bits per heavy atom. The summed E-state index contributed by atoms with van der Waals surface area (Å²) in [6, 6.07) is 0. The van der Waals surface area contributed by atoms with Gasteiger partial charge < -0.3 is 4.74 Å². The minimum Gasteiger partial charge on any atom is -0.466 e. The van der Waals surface area contributed by atoms with E-state index in [-0.39, 0.29) is 5.97 Å². The molecule has 0 rings (SSSR count). The number of esters is 1. The van der Waals surface area contributed by atoms with Crippen molar-refractivity contribution in [3.05, 3.63) is 0 Å². The van der Waals surface area contributed by atoms with E-state index in [1.807, 2.05) is 0 Å². The molecular weight excluding hydrogens is 147 g/mol. The molecule has 0 aliphatic carbocycles. The predicted molar refractivity (Wildman–Crippen MR) is 41.1 cm³/mol. The normalized spacial score (nSPS) is 12.6. The molecule has 0 aromatic rings. The summed E-state index contributed by atoms with van der Waals surface area (Å²) >= 11 is 0. The molecule has 0 amide bonds. The van der Waals surface area contributed by atoms with Gasteiger partial charge in [-0.1, -0.05) is 0 Å². The van der Waals surface area contributed by atoms with Crippen LogP contribution in [0.4, 0.5) is 4.39 Å². The van der Waals surface area contributed by atoms with Gasteiger partial charge in [-0.25, -0.2) is 4.39 Å². The lowest BCUT2D eigenvalue weighted by molar-refractivity contribution is -0.141. The van der Waals surface area contributed by atoms with Crippen LogP contribution in [0, 0.1) is 0 Å². The first kappa shape index (κ1) is 10.4. The molecule has 11 heavy (non-hydrogen) atoms. The van der Waals surface area contributed by atoms with Crippen LogP contribution in [0.3, 0.4) is 0 Å². The summed E-state index contributed by atoms with van der Waals surface area (Å²) in [5.74, 6) is -0.265. The van der Waals surface area contributed by atoms with Gasteiger partial charge in [0.1, 0.15) is 0 Å². The molecule has 1 atom stereocenters. The molecule has 0 radical (unpaired) electrons. The van der Waals surface area contributed by atoms with Crippen molar-refractivity contribution in [3.63, 3.8) is 0 Å². The summed E-state index contributed by atoms with van der Waals surface area (Å²) < 4.78 is 16.8.